The summed E-state index contributed by atoms with van der Waals surface area (Å²) in [6, 6.07) is 16.4. The molecule has 0 aliphatic carbocycles. The molecule has 0 saturated carbocycles. The second-order valence-electron chi connectivity index (χ2n) is 7.13. The number of aryl methyl sites for hydroxylation is 2. The number of halogens is 2. The van der Waals surface area contributed by atoms with Crippen molar-refractivity contribution >= 4 is 50.5 Å². The van der Waals surface area contributed by atoms with Crippen LogP contribution in [0.5, 0.6) is 5.75 Å². The summed E-state index contributed by atoms with van der Waals surface area (Å²) < 4.78 is 33.7. The minimum atomic E-state index is -4.20. The van der Waals surface area contributed by atoms with Crippen LogP contribution in [0.2, 0.25) is 10.0 Å². The summed E-state index contributed by atoms with van der Waals surface area (Å²) in [5.41, 5.74) is 2.37. The van der Waals surface area contributed by atoms with Gasteiger partial charge in [0.05, 0.1) is 22.8 Å². The van der Waals surface area contributed by atoms with Gasteiger partial charge in [-0.25, -0.2) is 8.42 Å². The summed E-state index contributed by atoms with van der Waals surface area (Å²) in [5, 5.41) is 3.20. The molecule has 0 heterocycles. The lowest BCUT2D eigenvalue weighted by molar-refractivity contribution is -0.114. The highest BCUT2D eigenvalue weighted by Gasteiger charge is 2.30. The number of nitrogens with zero attached hydrogens (tertiary/aromatic N) is 1. The molecule has 3 rings (SSSR count). The quantitative estimate of drug-likeness (QED) is 0.475. The maximum Gasteiger partial charge on any atom is 0.268 e. The third kappa shape index (κ3) is 5.18. The summed E-state index contributed by atoms with van der Waals surface area (Å²) in [6.07, 6.45) is 0. The van der Waals surface area contributed by atoms with Crippen LogP contribution >= 0.6 is 23.2 Å². The Bertz CT molecular complexity index is 1260. The number of carbonyl (C=O) groups excluding carboxylic acids is 1. The molecule has 32 heavy (non-hydrogen) atoms. The zero-order valence-corrected chi connectivity index (χ0v) is 20.1. The molecule has 0 bridgehead atoms. The molecule has 1 N–H and O–H groups in total. The number of carbonyl (C=O) groups is 1. The van der Waals surface area contributed by atoms with Gasteiger partial charge in [0.1, 0.15) is 17.2 Å². The lowest BCUT2D eigenvalue weighted by Gasteiger charge is -2.25. The summed E-state index contributed by atoms with van der Waals surface area (Å²) >= 11 is 12.2. The van der Waals surface area contributed by atoms with Crippen LogP contribution in [-0.2, 0) is 14.8 Å². The summed E-state index contributed by atoms with van der Waals surface area (Å²) in [5.74, 6) is -0.347. The molecule has 6 nitrogen and oxygen atoms in total. The van der Waals surface area contributed by atoms with E-state index in [4.69, 9.17) is 27.9 Å². The third-order valence-corrected chi connectivity index (χ3v) is 7.32. The number of rotatable bonds is 7. The third-order valence-electron chi connectivity index (χ3n) is 4.78. The molecule has 0 unspecified atom stereocenters. The van der Waals surface area contributed by atoms with E-state index in [0.717, 1.165) is 15.4 Å². The van der Waals surface area contributed by atoms with Gasteiger partial charge in [-0.05, 0) is 61.4 Å². The fourth-order valence-electron chi connectivity index (χ4n) is 3.09. The van der Waals surface area contributed by atoms with Gasteiger partial charge in [0.15, 0.2) is 0 Å². The first-order chi connectivity index (χ1) is 15.1. The lowest BCUT2D eigenvalue weighted by Crippen LogP contribution is -2.38. The van der Waals surface area contributed by atoms with Crippen molar-refractivity contribution in [3.63, 3.8) is 0 Å². The molecule has 3 aromatic carbocycles. The molecule has 0 saturated heterocycles. The molecule has 3 aromatic rings. The predicted molar refractivity (Wildman–Crippen MR) is 129 cm³/mol. The number of nitrogens with one attached hydrogen (secondary N) is 1. The fraction of sp³-hybridized carbons (Fsp3) is 0.174. The molecule has 0 radical (unpaired) electrons. The summed E-state index contributed by atoms with van der Waals surface area (Å²) in [4.78, 5) is 12.8. The first-order valence-corrected chi connectivity index (χ1v) is 11.8. The zero-order valence-electron chi connectivity index (χ0n) is 17.7. The molecule has 0 spiro atoms. The van der Waals surface area contributed by atoms with Crippen molar-refractivity contribution in [2.75, 3.05) is 23.3 Å². The SMILES string of the molecule is COc1ccc(C)cc1S(=O)(=O)N(CC(=O)Nc1ccccc1C)c1ccc(Cl)c(Cl)c1. The molecule has 0 aliphatic heterocycles. The number of benzene rings is 3. The van der Waals surface area contributed by atoms with Gasteiger partial charge in [-0.15, -0.1) is 0 Å². The fourth-order valence-corrected chi connectivity index (χ4v) is 5.04. The van der Waals surface area contributed by atoms with E-state index in [1.807, 2.05) is 19.1 Å². The molecule has 9 heteroatoms. The van der Waals surface area contributed by atoms with Gasteiger partial charge >= 0.3 is 0 Å². The molecule has 0 aliphatic rings. The number of ether oxygens (including phenoxy) is 1. The van der Waals surface area contributed by atoms with Crippen LogP contribution in [0.25, 0.3) is 0 Å². The topological polar surface area (TPSA) is 75.7 Å². The highest BCUT2D eigenvalue weighted by Crippen LogP contribution is 2.33. The first-order valence-electron chi connectivity index (χ1n) is 9.61. The van der Waals surface area contributed by atoms with Crippen LogP contribution in [0, 0.1) is 13.8 Å². The van der Waals surface area contributed by atoms with Crippen LogP contribution in [-0.4, -0.2) is 28.0 Å². The minimum Gasteiger partial charge on any atom is -0.495 e. The molecule has 168 valence electrons. The Labute approximate surface area is 197 Å². The normalized spacial score (nSPS) is 11.2. The Hall–Kier alpha value is -2.74. The molecular formula is C23H22Cl2N2O4S. The number of hydrogen-bond donors (Lipinski definition) is 1. The number of hydrogen-bond acceptors (Lipinski definition) is 4. The number of methoxy groups -OCH3 is 1. The van der Waals surface area contributed by atoms with Gasteiger partial charge in [0, 0.05) is 5.69 Å². The number of sulfonamides is 1. The molecule has 0 atom stereocenters. The van der Waals surface area contributed by atoms with E-state index >= 15 is 0 Å². The van der Waals surface area contributed by atoms with Gasteiger partial charge in [0.2, 0.25) is 5.91 Å². The predicted octanol–water partition coefficient (Wildman–Crippen LogP) is 5.45. The average molecular weight is 493 g/mol. The lowest BCUT2D eigenvalue weighted by atomic mass is 10.2. The highest BCUT2D eigenvalue weighted by molar-refractivity contribution is 7.93. The van der Waals surface area contributed by atoms with Crippen molar-refractivity contribution in [2.24, 2.45) is 0 Å². The van der Waals surface area contributed by atoms with Crippen molar-refractivity contribution in [3.05, 3.63) is 81.8 Å². The molecular weight excluding hydrogens is 471 g/mol. The largest absolute Gasteiger partial charge is 0.495 e. The maximum atomic E-state index is 13.7. The van der Waals surface area contributed by atoms with Crippen molar-refractivity contribution in [2.45, 2.75) is 18.7 Å². The van der Waals surface area contributed by atoms with Gasteiger partial charge in [-0.3, -0.25) is 9.10 Å². The maximum absolute atomic E-state index is 13.7. The van der Waals surface area contributed by atoms with E-state index in [1.54, 1.807) is 31.2 Å². The number of amides is 1. The zero-order chi connectivity index (χ0) is 23.5. The highest BCUT2D eigenvalue weighted by atomic mass is 35.5. The minimum absolute atomic E-state index is 0.0604. The van der Waals surface area contributed by atoms with Crippen LogP contribution < -0.4 is 14.4 Å². The van der Waals surface area contributed by atoms with Crippen LogP contribution in [0.4, 0.5) is 11.4 Å². The smallest absolute Gasteiger partial charge is 0.268 e. The van der Waals surface area contributed by atoms with Crippen LogP contribution in [0.1, 0.15) is 11.1 Å². The van der Waals surface area contributed by atoms with E-state index in [9.17, 15) is 13.2 Å². The van der Waals surface area contributed by atoms with Crippen molar-refractivity contribution in [1.29, 1.82) is 0 Å². The Morgan fingerprint density at radius 2 is 1.72 bits per heavy atom. The van der Waals surface area contributed by atoms with E-state index in [-0.39, 0.29) is 26.4 Å². The van der Waals surface area contributed by atoms with Crippen molar-refractivity contribution in [1.82, 2.24) is 0 Å². The second-order valence-corrected chi connectivity index (χ2v) is 9.77. The molecule has 0 fully saturated rings. The van der Waals surface area contributed by atoms with Gasteiger partial charge in [-0.2, -0.15) is 0 Å². The summed E-state index contributed by atoms with van der Waals surface area (Å²) in [7, 11) is -2.81. The Morgan fingerprint density at radius 1 is 1.00 bits per heavy atom. The van der Waals surface area contributed by atoms with Gasteiger partial charge in [-0.1, -0.05) is 47.5 Å². The van der Waals surface area contributed by atoms with Gasteiger partial charge in [0.25, 0.3) is 10.0 Å². The van der Waals surface area contributed by atoms with E-state index in [2.05, 4.69) is 5.32 Å². The second kappa shape index (κ2) is 9.81. The Morgan fingerprint density at radius 3 is 2.38 bits per heavy atom. The van der Waals surface area contributed by atoms with E-state index in [1.165, 1.54) is 31.4 Å². The van der Waals surface area contributed by atoms with Crippen molar-refractivity contribution < 1.29 is 17.9 Å². The van der Waals surface area contributed by atoms with E-state index < -0.39 is 22.5 Å². The van der Waals surface area contributed by atoms with Crippen LogP contribution in [0.15, 0.2) is 65.6 Å². The van der Waals surface area contributed by atoms with Crippen molar-refractivity contribution in [3.8, 4) is 5.75 Å². The standard InChI is InChI=1S/C23H22Cl2N2O4S/c1-15-8-11-21(31-3)22(12-15)32(29,30)27(17-9-10-18(24)19(25)13-17)14-23(28)26-20-7-5-4-6-16(20)2/h4-13H,14H2,1-3H3,(H,26,28). The average Bonchev–Trinajstić information content (AvgIpc) is 2.75. The van der Waals surface area contributed by atoms with Gasteiger partial charge < -0.3 is 10.1 Å². The number of anilines is 2. The van der Waals surface area contributed by atoms with Crippen LogP contribution in [0.3, 0.4) is 0 Å². The number of para-hydroxylation sites is 1. The van der Waals surface area contributed by atoms with E-state index in [0.29, 0.717) is 5.69 Å². The Kier molecular flexibility index (Phi) is 7.33. The molecule has 1 amide bonds. The first kappa shape index (κ1) is 23.9. The monoisotopic (exact) mass is 492 g/mol. The molecule has 0 aromatic heterocycles. The Balaban J connectivity index is 2.06. The summed E-state index contributed by atoms with van der Waals surface area (Å²) in [6.45, 7) is 3.14.